The van der Waals surface area contributed by atoms with E-state index in [1.54, 1.807) is 0 Å². The van der Waals surface area contributed by atoms with Crippen molar-refractivity contribution in [3.63, 3.8) is 0 Å². The summed E-state index contributed by atoms with van der Waals surface area (Å²) < 4.78 is 4.52. The van der Waals surface area contributed by atoms with Gasteiger partial charge in [-0.25, -0.2) is 0 Å². The topological polar surface area (TPSA) is 58.6 Å². The van der Waals surface area contributed by atoms with Gasteiger partial charge < -0.3 is 15.2 Å². The molecule has 0 aromatic heterocycles. The fraction of sp³-hybridized carbons (Fsp3) is 0.900. The highest BCUT2D eigenvalue weighted by molar-refractivity contribution is 5.71. The number of carbonyl (C=O) groups is 1. The summed E-state index contributed by atoms with van der Waals surface area (Å²) in [5.41, 5.74) is 0.00796. The minimum absolute atomic E-state index is 0.00796. The van der Waals surface area contributed by atoms with Gasteiger partial charge in [-0.3, -0.25) is 4.79 Å². The Hall–Kier alpha value is -0.610. The molecule has 0 saturated heterocycles. The van der Waals surface area contributed by atoms with Crippen molar-refractivity contribution in [3.05, 3.63) is 0 Å². The number of nitrogens with one attached hydrogen (secondary N) is 1. The number of rotatable bonds is 5. The van der Waals surface area contributed by atoms with E-state index >= 15 is 0 Å². The highest BCUT2D eigenvalue weighted by Gasteiger charge is 2.32. The fourth-order valence-electron chi connectivity index (χ4n) is 2.02. The molecule has 0 unspecified atom stereocenters. The predicted molar refractivity (Wildman–Crippen MR) is 52.9 cm³/mol. The molecular weight excluding hydrogens is 182 g/mol. The molecule has 4 heteroatoms. The minimum Gasteiger partial charge on any atom is -0.468 e. The Kier molecular flexibility index (Phi) is 4.35. The molecule has 0 heterocycles. The molecule has 1 rings (SSSR count). The zero-order valence-electron chi connectivity index (χ0n) is 8.71. The molecule has 0 radical (unpaired) electrons. The lowest BCUT2D eigenvalue weighted by Gasteiger charge is -2.26. The molecule has 0 aliphatic heterocycles. The lowest BCUT2D eigenvalue weighted by atomic mass is 9.87. The average Bonchev–Trinajstić information content (AvgIpc) is 2.67. The van der Waals surface area contributed by atoms with Crippen LogP contribution in [0.4, 0.5) is 0 Å². The van der Waals surface area contributed by atoms with E-state index in [1.807, 2.05) is 0 Å². The summed E-state index contributed by atoms with van der Waals surface area (Å²) in [6, 6.07) is 0. The Morgan fingerprint density at radius 1 is 1.50 bits per heavy atom. The first-order valence-corrected chi connectivity index (χ1v) is 5.11. The molecule has 1 aliphatic rings. The molecule has 0 atom stereocenters. The van der Waals surface area contributed by atoms with Crippen LogP contribution in [0.5, 0.6) is 0 Å². The number of hydrogen-bond acceptors (Lipinski definition) is 4. The molecule has 82 valence electrons. The van der Waals surface area contributed by atoms with E-state index in [0.29, 0.717) is 6.54 Å². The molecule has 4 nitrogen and oxygen atoms in total. The van der Waals surface area contributed by atoms with Gasteiger partial charge in [0.25, 0.3) is 0 Å². The zero-order chi connectivity index (χ0) is 10.4. The van der Waals surface area contributed by atoms with Crippen LogP contribution in [0.2, 0.25) is 0 Å². The average molecular weight is 201 g/mol. The number of aliphatic hydroxyl groups is 1. The third-order valence-electron chi connectivity index (χ3n) is 3.00. The number of methoxy groups -OCH3 is 1. The van der Waals surface area contributed by atoms with Gasteiger partial charge in [0.1, 0.15) is 0 Å². The molecule has 0 spiro atoms. The molecule has 2 N–H and O–H groups in total. The van der Waals surface area contributed by atoms with E-state index in [9.17, 15) is 9.90 Å². The summed E-state index contributed by atoms with van der Waals surface area (Å²) in [6.07, 6.45) is 4.47. The Bertz CT molecular complexity index is 188. The summed E-state index contributed by atoms with van der Waals surface area (Å²) in [5, 5.41) is 12.3. The van der Waals surface area contributed by atoms with Crippen molar-refractivity contribution in [1.29, 1.82) is 0 Å². The maximum atomic E-state index is 10.8. The summed E-state index contributed by atoms with van der Waals surface area (Å²) in [5.74, 6) is -0.254. The first-order valence-electron chi connectivity index (χ1n) is 5.11. The van der Waals surface area contributed by atoms with Crippen molar-refractivity contribution < 1.29 is 14.6 Å². The van der Waals surface area contributed by atoms with Crippen LogP contribution in [0.15, 0.2) is 0 Å². The molecule has 1 saturated carbocycles. The molecule has 0 bridgehead atoms. The van der Waals surface area contributed by atoms with Gasteiger partial charge in [0.15, 0.2) is 0 Å². The van der Waals surface area contributed by atoms with E-state index in [4.69, 9.17) is 0 Å². The number of aliphatic hydroxyl groups excluding tert-OH is 1. The van der Waals surface area contributed by atoms with Crippen molar-refractivity contribution in [2.45, 2.75) is 25.7 Å². The lowest BCUT2D eigenvalue weighted by Crippen LogP contribution is -2.37. The third kappa shape index (κ3) is 2.96. The Morgan fingerprint density at radius 3 is 2.64 bits per heavy atom. The standard InChI is InChI=1S/C10H19NO3/c1-14-9(13)6-11-7-10(8-12)4-2-3-5-10/h11-12H,2-8H2,1H3. The zero-order valence-corrected chi connectivity index (χ0v) is 8.71. The van der Waals surface area contributed by atoms with Crippen LogP contribution in [-0.2, 0) is 9.53 Å². The van der Waals surface area contributed by atoms with Gasteiger partial charge in [0, 0.05) is 18.6 Å². The second-order valence-corrected chi connectivity index (χ2v) is 4.04. The van der Waals surface area contributed by atoms with Gasteiger partial charge in [0.05, 0.1) is 13.7 Å². The second-order valence-electron chi connectivity index (χ2n) is 4.04. The number of hydrogen-bond donors (Lipinski definition) is 2. The van der Waals surface area contributed by atoms with Crippen molar-refractivity contribution in [2.75, 3.05) is 26.8 Å². The van der Waals surface area contributed by atoms with Crippen LogP contribution in [0.1, 0.15) is 25.7 Å². The van der Waals surface area contributed by atoms with Crippen LogP contribution in [0.3, 0.4) is 0 Å². The second kappa shape index (κ2) is 5.32. The molecule has 0 aromatic rings. The summed E-state index contributed by atoms with van der Waals surface area (Å²) >= 11 is 0. The maximum Gasteiger partial charge on any atom is 0.319 e. The van der Waals surface area contributed by atoms with Crippen molar-refractivity contribution in [2.24, 2.45) is 5.41 Å². The largest absolute Gasteiger partial charge is 0.468 e. The summed E-state index contributed by atoms with van der Waals surface area (Å²) in [7, 11) is 1.38. The van der Waals surface area contributed by atoms with Gasteiger partial charge in [-0.15, -0.1) is 0 Å². The van der Waals surface area contributed by atoms with Crippen molar-refractivity contribution >= 4 is 5.97 Å². The van der Waals surface area contributed by atoms with Crippen LogP contribution in [0.25, 0.3) is 0 Å². The molecule has 1 aliphatic carbocycles. The van der Waals surface area contributed by atoms with Gasteiger partial charge in [-0.2, -0.15) is 0 Å². The van der Waals surface area contributed by atoms with E-state index in [2.05, 4.69) is 10.1 Å². The van der Waals surface area contributed by atoms with Gasteiger partial charge in [-0.1, -0.05) is 12.8 Å². The first kappa shape index (κ1) is 11.5. The van der Waals surface area contributed by atoms with Gasteiger partial charge in [-0.05, 0) is 12.8 Å². The summed E-state index contributed by atoms with van der Waals surface area (Å²) in [4.78, 5) is 10.8. The third-order valence-corrected chi connectivity index (χ3v) is 3.00. The van der Waals surface area contributed by atoms with E-state index < -0.39 is 0 Å². The number of esters is 1. The van der Waals surface area contributed by atoms with E-state index in [-0.39, 0.29) is 24.5 Å². The summed E-state index contributed by atoms with van der Waals surface area (Å²) in [6.45, 7) is 1.15. The van der Waals surface area contributed by atoms with E-state index in [0.717, 1.165) is 12.8 Å². The molecule has 0 amide bonds. The SMILES string of the molecule is COC(=O)CNCC1(CO)CCCC1. The smallest absolute Gasteiger partial charge is 0.319 e. The number of carbonyl (C=O) groups excluding carboxylic acids is 1. The highest BCUT2D eigenvalue weighted by Crippen LogP contribution is 2.36. The van der Waals surface area contributed by atoms with Gasteiger partial charge >= 0.3 is 5.97 Å². The van der Waals surface area contributed by atoms with Crippen LogP contribution < -0.4 is 5.32 Å². The van der Waals surface area contributed by atoms with Crippen LogP contribution >= 0.6 is 0 Å². The molecule has 14 heavy (non-hydrogen) atoms. The van der Waals surface area contributed by atoms with E-state index in [1.165, 1.54) is 20.0 Å². The minimum atomic E-state index is -0.254. The van der Waals surface area contributed by atoms with Gasteiger partial charge in [0.2, 0.25) is 0 Å². The Morgan fingerprint density at radius 2 is 2.14 bits per heavy atom. The van der Waals surface area contributed by atoms with Crippen molar-refractivity contribution in [3.8, 4) is 0 Å². The molecule has 1 fully saturated rings. The highest BCUT2D eigenvalue weighted by atomic mass is 16.5. The quantitative estimate of drug-likeness (QED) is 0.628. The first-order chi connectivity index (χ1) is 6.72. The molecular formula is C10H19NO3. The van der Waals surface area contributed by atoms with Crippen LogP contribution in [0, 0.1) is 5.41 Å². The Balaban J connectivity index is 2.24. The predicted octanol–water partition coefficient (Wildman–Crippen LogP) is 0.302. The maximum absolute atomic E-state index is 10.8. The normalized spacial score (nSPS) is 19.6. The van der Waals surface area contributed by atoms with Crippen molar-refractivity contribution in [1.82, 2.24) is 5.32 Å². The monoisotopic (exact) mass is 201 g/mol. The Labute approximate surface area is 84.6 Å². The van der Waals surface area contributed by atoms with Crippen LogP contribution in [-0.4, -0.2) is 37.9 Å². The number of ether oxygens (including phenoxy) is 1. The fourth-order valence-corrected chi connectivity index (χ4v) is 2.02. The molecule has 0 aromatic carbocycles. The lowest BCUT2D eigenvalue weighted by molar-refractivity contribution is -0.139.